The molecule has 0 aromatic heterocycles. The second kappa shape index (κ2) is 6.37. The van der Waals surface area contributed by atoms with Crippen molar-refractivity contribution >= 4 is 17.5 Å². The van der Waals surface area contributed by atoms with Crippen LogP contribution >= 0.6 is 11.8 Å². The molecule has 0 saturated heterocycles. The largest absolute Gasteiger partial charge is 0.507 e. The lowest BCUT2D eigenvalue weighted by Crippen LogP contribution is -2.22. The summed E-state index contributed by atoms with van der Waals surface area (Å²) in [6.07, 6.45) is 1.17. The van der Waals surface area contributed by atoms with Crippen LogP contribution in [0.5, 0.6) is 5.75 Å². The van der Waals surface area contributed by atoms with Crippen molar-refractivity contribution in [2.45, 2.75) is 37.5 Å². The van der Waals surface area contributed by atoms with Crippen molar-refractivity contribution in [1.29, 1.82) is 0 Å². The lowest BCUT2D eigenvalue weighted by molar-refractivity contribution is 0.101. The van der Waals surface area contributed by atoms with Gasteiger partial charge in [0, 0.05) is 16.0 Å². The summed E-state index contributed by atoms with van der Waals surface area (Å²) in [4.78, 5) is 12.7. The molecule has 0 unspecified atom stereocenters. The molecule has 1 N–H and O–H groups in total. The van der Waals surface area contributed by atoms with E-state index in [4.69, 9.17) is 0 Å². The molecule has 0 atom stereocenters. The molecule has 3 heteroatoms. The van der Waals surface area contributed by atoms with Gasteiger partial charge in [-0.1, -0.05) is 25.7 Å². The van der Waals surface area contributed by atoms with Crippen LogP contribution in [-0.4, -0.2) is 16.6 Å². The zero-order valence-electron chi connectivity index (χ0n) is 14.1. The zero-order chi connectivity index (χ0) is 17.3. The summed E-state index contributed by atoms with van der Waals surface area (Å²) < 4.78 is 0. The number of carbonyl (C=O) groups excluding carboxylic acids is 1. The zero-order valence-corrected chi connectivity index (χ0v) is 15.0. The van der Waals surface area contributed by atoms with Crippen molar-refractivity contribution < 1.29 is 9.90 Å². The number of hydrogen-bond acceptors (Lipinski definition) is 3. The highest BCUT2D eigenvalue weighted by atomic mass is 32.2. The summed E-state index contributed by atoms with van der Waals surface area (Å²) in [5, 5.41) is 9.89. The van der Waals surface area contributed by atoms with E-state index in [9.17, 15) is 9.90 Å². The van der Waals surface area contributed by atoms with Gasteiger partial charge in [-0.05, 0) is 66.5 Å². The average molecular weight is 336 g/mol. The maximum Gasteiger partial charge on any atom is 0.163 e. The molecule has 1 aliphatic heterocycles. The summed E-state index contributed by atoms with van der Waals surface area (Å²) in [6, 6.07) is 11.3. The molecule has 2 aromatic carbocycles. The first-order valence-electron chi connectivity index (χ1n) is 8.00. The number of thioether (sulfide) groups is 1. The van der Waals surface area contributed by atoms with Crippen LogP contribution in [0.4, 0.5) is 0 Å². The molecule has 0 amide bonds. The highest BCUT2D eigenvalue weighted by molar-refractivity contribution is 7.99. The van der Waals surface area contributed by atoms with Crippen LogP contribution in [0.1, 0.15) is 54.2 Å². The third-order valence-electron chi connectivity index (χ3n) is 4.42. The molecule has 2 aromatic rings. The van der Waals surface area contributed by atoms with Gasteiger partial charge < -0.3 is 5.11 Å². The fourth-order valence-electron chi connectivity index (χ4n) is 2.86. The predicted molar refractivity (Wildman–Crippen MR) is 98.9 cm³/mol. The first-order valence-corrected chi connectivity index (χ1v) is 8.99. The Balaban J connectivity index is 1.92. The Kier molecular flexibility index (Phi) is 4.43. The van der Waals surface area contributed by atoms with E-state index in [-0.39, 0.29) is 16.9 Å². The molecule has 0 fully saturated rings. The van der Waals surface area contributed by atoms with Crippen LogP contribution in [0.25, 0.3) is 0 Å². The van der Waals surface area contributed by atoms with E-state index in [1.54, 1.807) is 18.2 Å². The fourth-order valence-corrected chi connectivity index (χ4v) is 4.35. The molecule has 0 radical (unpaired) electrons. The molecular weight excluding hydrogens is 316 g/mol. The van der Waals surface area contributed by atoms with Crippen LogP contribution in [0.3, 0.4) is 0 Å². The van der Waals surface area contributed by atoms with Gasteiger partial charge in [0.1, 0.15) is 5.75 Å². The molecule has 0 aliphatic carbocycles. The molecule has 2 nitrogen and oxygen atoms in total. The summed E-state index contributed by atoms with van der Waals surface area (Å²) in [5.41, 5.74) is 3.54. The predicted octanol–water partition coefficient (Wildman–Crippen LogP) is 4.77. The van der Waals surface area contributed by atoms with Crippen LogP contribution in [0.2, 0.25) is 0 Å². The average Bonchev–Trinajstić information content (AvgIpc) is 2.52. The lowest BCUT2D eigenvalue weighted by Gasteiger charge is -2.32. The van der Waals surface area contributed by atoms with Gasteiger partial charge in [-0.25, -0.2) is 0 Å². The Morgan fingerprint density at radius 1 is 1.12 bits per heavy atom. The van der Waals surface area contributed by atoms with Crippen molar-refractivity contribution in [1.82, 2.24) is 0 Å². The minimum atomic E-state index is -0.151. The fraction of sp³-hybridized carbons (Fsp3) is 0.286. The van der Waals surface area contributed by atoms with Gasteiger partial charge in [0.2, 0.25) is 0 Å². The summed E-state index contributed by atoms with van der Waals surface area (Å²) >= 11 is 1.91. The van der Waals surface area contributed by atoms with Crippen LogP contribution < -0.4 is 0 Å². The Bertz CT molecular complexity index is 869. The van der Waals surface area contributed by atoms with E-state index >= 15 is 0 Å². The minimum absolute atomic E-state index is 0.0164. The number of carbonyl (C=O) groups is 1. The number of phenols is 1. The van der Waals surface area contributed by atoms with Crippen LogP contribution in [0, 0.1) is 11.8 Å². The molecule has 122 valence electrons. The van der Waals surface area contributed by atoms with Gasteiger partial charge in [-0.15, -0.1) is 11.8 Å². The van der Waals surface area contributed by atoms with Gasteiger partial charge in [0.15, 0.2) is 5.78 Å². The Hall–Kier alpha value is -2.18. The highest BCUT2D eigenvalue weighted by Gasteiger charge is 2.27. The van der Waals surface area contributed by atoms with Gasteiger partial charge in [0.05, 0.1) is 5.56 Å². The highest BCUT2D eigenvalue weighted by Crippen LogP contribution is 2.41. The van der Waals surface area contributed by atoms with E-state index in [2.05, 4.69) is 37.8 Å². The van der Waals surface area contributed by atoms with E-state index in [0.29, 0.717) is 11.1 Å². The molecular formula is C21H20O2S. The first kappa shape index (κ1) is 16.7. The third-order valence-corrected chi connectivity index (χ3v) is 5.50. The standard InChI is InChI=1S/C21H20O2S/c1-14(22)17-8-6-16(13-19(17)23)5-4-15-7-9-20-18(12-15)21(2,3)10-11-24-20/h6-9,12-13,23H,10-11H2,1-3H3. The lowest BCUT2D eigenvalue weighted by atomic mass is 9.81. The summed E-state index contributed by atoms with van der Waals surface area (Å²) in [6.45, 7) is 6.00. The van der Waals surface area contributed by atoms with Crippen LogP contribution in [0.15, 0.2) is 41.3 Å². The molecule has 0 spiro atoms. The summed E-state index contributed by atoms with van der Waals surface area (Å²) in [7, 11) is 0. The topological polar surface area (TPSA) is 37.3 Å². The van der Waals surface area contributed by atoms with Gasteiger partial charge >= 0.3 is 0 Å². The molecule has 0 saturated carbocycles. The number of Topliss-reactive ketones (excluding diaryl/α,β-unsaturated/α-hetero) is 1. The minimum Gasteiger partial charge on any atom is -0.507 e. The molecule has 1 aliphatic rings. The third kappa shape index (κ3) is 3.34. The van der Waals surface area contributed by atoms with E-state index < -0.39 is 0 Å². The first-order chi connectivity index (χ1) is 11.4. The monoisotopic (exact) mass is 336 g/mol. The smallest absolute Gasteiger partial charge is 0.163 e. The number of phenolic OH excluding ortho intramolecular Hbond substituents is 1. The number of hydrogen-bond donors (Lipinski definition) is 1. The maximum atomic E-state index is 11.4. The Labute approximate surface area is 147 Å². The number of ketones is 1. The van der Waals surface area contributed by atoms with E-state index in [1.807, 2.05) is 17.8 Å². The van der Waals surface area contributed by atoms with Crippen molar-refractivity contribution in [3.8, 4) is 17.6 Å². The molecule has 3 rings (SSSR count). The maximum absolute atomic E-state index is 11.4. The van der Waals surface area contributed by atoms with Crippen LogP contribution in [-0.2, 0) is 5.41 Å². The number of benzene rings is 2. The molecule has 24 heavy (non-hydrogen) atoms. The number of fused-ring (bicyclic) bond motifs is 1. The normalized spacial score (nSPS) is 15.1. The van der Waals surface area contributed by atoms with E-state index in [1.165, 1.54) is 23.8 Å². The van der Waals surface area contributed by atoms with Gasteiger partial charge in [0.25, 0.3) is 0 Å². The second-order valence-electron chi connectivity index (χ2n) is 6.73. The SMILES string of the molecule is CC(=O)c1ccc(C#Cc2ccc3c(c2)C(C)(C)CCS3)cc1O. The van der Waals surface area contributed by atoms with Crippen molar-refractivity contribution in [2.24, 2.45) is 0 Å². The van der Waals surface area contributed by atoms with Crippen molar-refractivity contribution in [3.05, 3.63) is 58.7 Å². The van der Waals surface area contributed by atoms with E-state index in [0.717, 1.165) is 11.3 Å². The number of rotatable bonds is 1. The number of aromatic hydroxyl groups is 1. The quantitative estimate of drug-likeness (QED) is 0.602. The van der Waals surface area contributed by atoms with Gasteiger partial charge in [-0.3, -0.25) is 4.79 Å². The van der Waals surface area contributed by atoms with Gasteiger partial charge in [-0.2, -0.15) is 0 Å². The summed E-state index contributed by atoms with van der Waals surface area (Å²) in [5.74, 6) is 7.24. The molecule has 1 heterocycles. The van der Waals surface area contributed by atoms with Crippen molar-refractivity contribution in [2.75, 3.05) is 5.75 Å². The van der Waals surface area contributed by atoms with Crippen molar-refractivity contribution in [3.63, 3.8) is 0 Å². The second-order valence-corrected chi connectivity index (χ2v) is 7.87. The Morgan fingerprint density at radius 2 is 1.79 bits per heavy atom. The Morgan fingerprint density at radius 3 is 2.46 bits per heavy atom. The molecule has 0 bridgehead atoms.